The van der Waals surface area contributed by atoms with Gasteiger partial charge in [0.05, 0.1) is 49.5 Å². The second kappa shape index (κ2) is 25.2. The first kappa shape index (κ1) is 48.1. The van der Waals surface area contributed by atoms with E-state index in [1.165, 1.54) is 6.33 Å². The lowest BCUT2D eigenvalue weighted by Crippen LogP contribution is -2.47. The molecule has 7 rings (SSSR count). The van der Waals surface area contributed by atoms with Crippen LogP contribution in [0, 0.1) is 12.3 Å². The Hall–Kier alpha value is -6.82. The van der Waals surface area contributed by atoms with Gasteiger partial charge in [0.1, 0.15) is 29.1 Å². The molecule has 6 aromatic rings. The molecule has 0 atom stereocenters. The summed E-state index contributed by atoms with van der Waals surface area (Å²) in [5.74, 6) is 4.17. The van der Waals surface area contributed by atoms with Crippen molar-refractivity contribution < 1.29 is 28.2 Å². The molecular formula is C47H60N14O6. The molecule has 1 aromatic carbocycles. The molecule has 1 aliphatic rings. The number of nitrogens with one attached hydrogen (secondary N) is 1. The summed E-state index contributed by atoms with van der Waals surface area (Å²) in [6.07, 6.45) is 23.0. The third kappa shape index (κ3) is 14.1. The summed E-state index contributed by atoms with van der Waals surface area (Å²) in [7, 11) is 0. The maximum atomic E-state index is 12.6. The molecule has 0 unspecified atom stereocenters. The van der Waals surface area contributed by atoms with E-state index in [2.05, 4.69) is 55.9 Å². The van der Waals surface area contributed by atoms with Gasteiger partial charge in [-0.15, -0.1) is 6.42 Å². The highest BCUT2D eigenvalue weighted by Gasteiger charge is 2.22. The van der Waals surface area contributed by atoms with Gasteiger partial charge in [0.15, 0.2) is 11.2 Å². The van der Waals surface area contributed by atoms with Crippen LogP contribution in [0.3, 0.4) is 0 Å². The third-order valence-electron chi connectivity index (χ3n) is 11.4. The van der Waals surface area contributed by atoms with Crippen LogP contribution in [0.1, 0.15) is 86.6 Å². The number of rotatable bonds is 28. The summed E-state index contributed by atoms with van der Waals surface area (Å²) in [5, 5.41) is 8.49. The van der Waals surface area contributed by atoms with Crippen molar-refractivity contribution in [3.05, 3.63) is 60.4 Å². The van der Waals surface area contributed by atoms with Gasteiger partial charge in [-0.25, -0.2) is 34.6 Å². The number of ketones is 1. The Kier molecular flexibility index (Phi) is 18.1. The van der Waals surface area contributed by atoms with E-state index in [-0.39, 0.29) is 17.7 Å². The van der Waals surface area contributed by atoms with E-state index in [0.29, 0.717) is 122 Å². The average Bonchev–Trinajstić information content (AvgIpc) is 3.93. The van der Waals surface area contributed by atoms with Crippen LogP contribution in [0.5, 0.6) is 0 Å². The predicted molar refractivity (Wildman–Crippen MR) is 254 cm³/mol. The molecule has 0 aliphatic carbocycles. The molecular weight excluding hydrogens is 857 g/mol. The normalized spacial score (nSPS) is 12.8. The zero-order valence-corrected chi connectivity index (χ0v) is 38.0. The van der Waals surface area contributed by atoms with Gasteiger partial charge < -0.3 is 45.2 Å². The van der Waals surface area contributed by atoms with Crippen molar-refractivity contribution in [1.29, 1.82) is 0 Å². The van der Waals surface area contributed by atoms with E-state index in [4.69, 9.17) is 41.6 Å². The first-order valence-electron chi connectivity index (χ1n) is 23.1. The number of ether oxygens (including phenoxy) is 3. The summed E-state index contributed by atoms with van der Waals surface area (Å²) in [5.41, 5.74) is 16.4. The molecule has 1 amide bonds. The van der Waals surface area contributed by atoms with Crippen molar-refractivity contribution in [3.63, 3.8) is 0 Å². The number of Topliss-reactive ketones (excluding diaryl/α,β-unsaturated/α-hetero) is 1. The van der Waals surface area contributed by atoms with Crippen molar-refractivity contribution in [1.82, 2.24) is 50.0 Å². The van der Waals surface area contributed by atoms with Gasteiger partial charge in [0.25, 0.3) is 11.9 Å². The molecule has 5 aromatic heterocycles. The molecule has 20 heteroatoms. The van der Waals surface area contributed by atoms with Crippen LogP contribution in [-0.2, 0) is 25.5 Å². The number of oxazole rings is 1. The number of amides is 1. The van der Waals surface area contributed by atoms with E-state index in [0.717, 1.165) is 89.5 Å². The predicted octanol–water partition coefficient (Wildman–Crippen LogP) is 5.03. The van der Waals surface area contributed by atoms with Gasteiger partial charge in [0.2, 0.25) is 11.9 Å². The van der Waals surface area contributed by atoms with Gasteiger partial charge in [-0.1, -0.05) is 38.0 Å². The molecule has 0 bridgehead atoms. The zero-order chi connectivity index (χ0) is 46.6. The molecule has 1 saturated heterocycles. The second-order valence-electron chi connectivity index (χ2n) is 16.2. The lowest BCUT2D eigenvalue weighted by atomic mass is 10.1. The monoisotopic (exact) mass is 916 g/mol. The fraction of sp³-hybridized carbons (Fsp3) is 0.489. The summed E-state index contributed by atoms with van der Waals surface area (Å²) in [4.78, 5) is 59.7. The number of nitrogens with two attached hydrogens (primary N) is 2. The smallest absolute Gasteiger partial charge is 0.292 e. The number of hydrogen-bond acceptors (Lipinski definition) is 18. The molecule has 5 N–H and O–H groups in total. The van der Waals surface area contributed by atoms with E-state index in [1.54, 1.807) is 30.9 Å². The summed E-state index contributed by atoms with van der Waals surface area (Å²) in [6, 6.07) is 5.65. The molecule has 1 fully saturated rings. The Morgan fingerprint density at radius 1 is 0.731 bits per heavy atom. The minimum Gasteiger partial charge on any atom is -0.424 e. The largest absolute Gasteiger partial charge is 0.424 e. The molecule has 0 spiro atoms. The van der Waals surface area contributed by atoms with Crippen molar-refractivity contribution in [2.75, 3.05) is 93.6 Å². The summed E-state index contributed by atoms with van der Waals surface area (Å²) >= 11 is 0. The minimum absolute atomic E-state index is 0.102. The quantitative estimate of drug-likeness (QED) is 0.0431. The number of nitrogens with zero attached hydrogens (tertiary/aromatic N) is 11. The number of carbonyl (C=O) groups is 2. The van der Waals surface area contributed by atoms with Crippen molar-refractivity contribution in [3.8, 4) is 23.6 Å². The summed E-state index contributed by atoms with van der Waals surface area (Å²) < 4.78 is 24.2. The number of nitrogen functional groups attached to an aromatic ring is 2. The second-order valence-corrected chi connectivity index (χ2v) is 16.2. The molecule has 6 heterocycles. The Morgan fingerprint density at radius 3 is 2.09 bits per heavy atom. The fourth-order valence-electron chi connectivity index (χ4n) is 7.70. The van der Waals surface area contributed by atoms with Crippen molar-refractivity contribution in [2.45, 2.75) is 77.2 Å². The highest BCUT2D eigenvalue weighted by molar-refractivity contribution is 5.99. The molecule has 0 radical (unpaired) electrons. The topological polar surface area (TPSA) is 254 Å². The first-order chi connectivity index (χ1) is 32.9. The fourth-order valence-corrected chi connectivity index (χ4v) is 7.70. The molecule has 20 nitrogen and oxygen atoms in total. The van der Waals surface area contributed by atoms with Gasteiger partial charge in [-0.2, -0.15) is 10.1 Å². The zero-order valence-electron chi connectivity index (χ0n) is 38.0. The number of terminal acetylenes is 1. The number of unbranched alkanes of at least 4 members (excludes halogenated alkanes) is 7. The third-order valence-corrected chi connectivity index (χ3v) is 11.4. The Labute approximate surface area is 389 Å². The van der Waals surface area contributed by atoms with Gasteiger partial charge in [0, 0.05) is 89.1 Å². The van der Waals surface area contributed by atoms with Crippen molar-refractivity contribution in [2.24, 2.45) is 0 Å². The SMILES string of the molecule is C#Cc1cnc(N2CCN(c3ncc(C(=O)NCCCCCCCCOCCOCCOCCC(=O)CCCCCn4nc(-c5ccc6oc(N)nc6c5)c5c(N)ncnc54)cn3)CC2)nc1. The van der Waals surface area contributed by atoms with Crippen LogP contribution in [0.25, 0.3) is 33.4 Å². The lowest BCUT2D eigenvalue weighted by Gasteiger charge is -2.34. The van der Waals surface area contributed by atoms with Gasteiger partial charge in [-0.05, 0) is 43.9 Å². The van der Waals surface area contributed by atoms with Crippen LogP contribution >= 0.6 is 0 Å². The van der Waals surface area contributed by atoms with Crippen LogP contribution in [0.2, 0.25) is 0 Å². The number of anilines is 4. The first-order valence-corrected chi connectivity index (χ1v) is 23.1. The number of fused-ring (bicyclic) bond motifs is 2. The number of piperazine rings is 1. The van der Waals surface area contributed by atoms with Crippen molar-refractivity contribution >= 4 is 57.6 Å². The Morgan fingerprint density at radius 2 is 1.37 bits per heavy atom. The number of aromatic nitrogens is 9. The number of benzene rings is 1. The highest BCUT2D eigenvalue weighted by Crippen LogP contribution is 2.32. The van der Waals surface area contributed by atoms with E-state index < -0.39 is 0 Å². The number of aryl methyl sites for hydroxylation is 1. The average molecular weight is 917 g/mol. The molecule has 354 valence electrons. The Balaban J connectivity index is 0.628. The standard InChI is InChI=1S/C47H60N14O6/c1-2-34-29-51-46(52-30-34)59-18-20-60(21-19-59)47-53-31-36(32-54-47)44(63)50-16-9-5-3-4-6-11-22-64-24-26-66-27-25-65-23-15-37(62)12-8-7-10-17-61-43-40(42(48)55-33-56-43)41(58-61)35-13-14-39-38(28-35)57-45(49)67-39/h1,13-14,28-33H,3-12,15-27H2,(H2,49,57)(H,50,63)(H2,48,55,56). The van der Waals surface area contributed by atoms with E-state index >= 15 is 0 Å². The maximum absolute atomic E-state index is 12.6. The van der Waals surface area contributed by atoms with Crippen LogP contribution in [-0.4, -0.2) is 129 Å². The van der Waals surface area contributed by atoms with Crippen LogP contribution in [0.15, 0.2) is 53.7 Å². The van der Waals surface area contributed by atoms with E-state index in [1.807, 2.05) is 16.8 Å². The number of hydrogen-bond donors (Lipinski definition) is 3. The van der Waals surface area contributed by atoms with Crippen LogP contribution in [0.4, 0.5) is 23.7 Å². The highest BCUT2D eigenvalue weighted by atomic mass is 16.5. The lowest BCUT2D eigenvalue weighted by molar-refractivity contribution is -0.120. The summed E-state index contributed by atoms with van der Waals surface area (Å²) in [6.45, 7) is 7.18. The molecule has 67 heavy (non-hydrogen) atoms. The van der Waals surface area contributed by atoms with Gasteiger partial charge in [-0.3, -0.25) is 9.59 Å². The van der Waals surface area contributed by atoms with E-state index in [9.17, 15) is 9.59 Å². The number of carbonyl (C=O) groups excluding carboxylic acids is 2. The molecule has 1 aliphatic heterocycles. The van der Waals surface area contributed by atoms with Crippen LogP contribution < -0.4 is 26.6 Å². The maximum Gasteiger partial charge on any atom is 0.292 e. The Bertz CT molecular complexity index is 2530. The molecule has 0 saturated carbocycles. The van der Waals surface area contributed by atoms with Gasteiger partial charge >= 0.3 is 0 Å². The minimum atomic E-state index is -0.160.